The summed E-state index contributed by atoms with van der Waals surface area (Å²) in [4.78, 5) is 0. The van der Waals surface area contributed by atoms with E-state index in [2.05, 4.69) is 0 Å². The molecule has 1 nitrogen and oxygen atoms in total. The number of hydrogen-bond donors (Lipinski definition) is 1. The van der Waals surface area contributed by atoms with E-state index in [0.29, 0.717) is 0 Å². The summed E-state index contributed by atoms with van der Waals surface area (Å²) >= 11 is 0. The molecule has 1 aromatic carbocycles. The Morgan fingerprint density at radius 3 is 2.21 bits per heavy atom. The second-order valence-corrected chi connectivity index (χ2v) is 2.96. The summed E-state index contributed by atoms with van der Waals surface area (Å²) in [6, 6.07) is 0.505. The van der Waals surface area contributed by atoms with Gasteiger partial charge in [-0.25, -0.2) is 17.6 Å². The van der Waals surface area contributed by atoms with Crippen molar-refractivity contribution in [2.24, 2.45) is 5.73 Å². The maximum Gasteiger partial charge on any atom is 0.257 e. The molecule has 0 aliphatic heterocycles. The van der Waals surface area contributed by atoms with Crippen LogP contribution < -0.4 is 5.73 Å². The van der Waals surface area contributed by atoms with E-state index in [1.54, 1.807) is 0 Å². The summed E-state index contributed by atoms with van der Waals surface area (Å²) in [7, 11) is 0. The number of hydrogen-bond acceptors (Lipinski definition) is 1. The van der Waals surface area contributed by atoms with Crippen LogP contribution in [0.2, 0.25) is 0 Å². The molecule has 1 rings (SSSR count). The second kappa shape index (κ2) is 3.96. The summed E-state index contributed by atoms with van der Waals surface area (Å²) in [5.41, 5.74) is 4.57. The van der Waals surface area contributed by atoms with Gasteiger partial charge in [0.1, 0.15) is 0 Å². The molecule has 0 aliphatic carbocycles. The van der Waals surface area contributed by atoms with E-state index in [0.717, 1.165) is 6.07 Å². The number of benzene rings is 1. The van der Waals surface area contributed by atoms with Crippen molar-refractivity contribution in [3.8, 4) is 0 Å². The highest BCUT2D eigenvalue weighted by molar-refractivity contribution is 5.27. The Balaban J connectivity index is 3.17. The molecule has 1 aromatic rings. The summed E-state index contributed by atoms with van der Waals surface area (Å²) in [5, 5.41) is 0. The number of aryl methyl sites for hydroxylation is 1. The molecule has 2 N–H and O–H groups in total. The van der Waals surface area contributed by atoms with Crippen molar-refractivity contribution in [2.45, 2.75) is 19.4 Å². The lowest BCUT2D eigenvalue weighted by Crippen LogP contribution is -2.21. The van der Waals surface area contributed by atoms with Crippen LogP contribution in [-0.4, -0.2) is 6.43 Å². The quantitative estimate of drug-likeness (QED) is 0.741. The summed E-state index contributed by atoms with van der Waals surface area (Å²) in [5.74, 6) is -2.42. The molecule has 0 fully saturated rings. The van der Waals surface area contributed by atoms with Crippen LogP contribution in [0.15, 0.2) is 12.1 Å². The van der Waals surface area contributed by atoms with Gasteiger partial charge in [0.05, 0.1) is 6.04 Å². The molecule has 0 aliphatic rings. The van der Waals surface area contributed by atoms with Crippen LogP contribution in [0.3, 0.4) is 0 Å². The minimum absolute atomic E-state index is 0.0627. The molecule has 0 amide bonds. The zero-order valence-electron chi connectivity index (χ0n) is 7.40. The third kappa shape index (κ3) is 1.87. The predicted octanol–water partition coefficient (Wildman–Crippen LogP) is 2.54. The first-order valence-electron chi connectivity index (χ1n) is 3.93. The van der Waals surface area contributed by atoms with Gasteiger partial charge >= 0.3 is 0 Å². The average Bonchev–Trinajstić information content (AvgIpc) is 2.13. The van der Waals surface area contributed by atoms with E-state index < -0.39 is 29.7 Å². The SMILES string of the molecule is Cc1ccc([C@@H](N)C(F)F)c(F)c1F. The van der Waals surface area contributed by atoms with E-state index in [4.69, 9.17) is 5.73 Å². The Labute approximate surface area is 78.5 Å². The molecular formula is C9H9F4N. The zero-order valence-corrected chi connectivity index (χ0v) is 7.40. The normalized spacial score (nSPS) is 13.4. The molecule has 78 valence electrons. The number of rotatable bonds is 2. The van der Waals surface area contributed by atoms with Gasteiger partial charge in [0, 0.05) is 5.56 Å². The van der Waals surface area contributed by atoms with E-state index in [9.17, 15) is 17.6 Å². The Bertz CT molecular complexity index is 338. The number of halogens is 4. The lowest BCUT2D eigenvalue weighted by molar-refractivity contribution is 0.114. The average molecular weight is 207 g/mol. The molecule has 1 atom stereocenters. The molecule has 0 radical (unpaired) electrons. The molecule has 0 bridgehead atoms. The van der Waals surface area contributed by atoms with Gasteiger partial charge in [-0.2, -0.15) is 0 Å². The molecule has 0 unspecified atom stereocenters. The fourth-order valence-corrected chi connectivity index (χ4v) is 1.05. The largest absolute Gasteiger partial charge is 0.319 e. The molecule has 0 heterocycles. The van der Waals surface area contributed by atoms with Crippen LogP contribution in [0.5, 0.6) is 0 Å². The summed E-state index contributed by atoms with van der Waals surface area (Å²) < 4.78 is 50.2. The fraction of sp³-hybridized carbons (Fsp3) is 0.333. The van der Waals surface area contributed by atoms with E-state index in [1.807, 2.05) is 0 Å². The van der Waals surface area contributed by atoms with Gasteiger partial charge in [-0.1, -0.05) is 12.1 Å². The Kier molecular flexibility index (Phi) is 3.10. The van der Waals surface area contributed by atoms with Gasteiger partial charge in [-0.3, -0.25) is 0 Å². The second-order valence-electron chi connectivity index (χ2n) is 2.96. The Morgan fingerprint density at radius 2 is 1.71 bits per heavy atom. The van der Waals surface area contributed by atoms with Gasteiger partial charge in [-0.05, 0) is 12.5 Å². The molecule has 0 saturated carbocycles. The monoisotopic (exact) mass is 207 g/mol. The minimum Gasteiger partial charge on any atom is -0.319 e. The van der Waals surface area contributed by atoms with Crippen molar-refractivity contribution < 1.29 is 17.6 Å². The maximum atomic E-state index is 13.1. The van der Waals surface area contributed by atoms with Gasteiger partial charge < -0.3 is 5.73 Å². The van der Waals surface area contributed by atoms with Crippen molar-refractivity contribution >= 4 is 0 Å². The fourth-order valence-electron chi connectivity index (χ4n) is 1.05. The van der Waals surface area contributed by atoms with Gasteiger partial charge in [0.25, 0.3) is 6.43 Å². The van der Waals surface area contributed by atoms with Crippen LogP contribution in [0.25, 0.3) is 0 Å². The highest BCUT2D eigenvalue weighted by Gasteiger charge is 2.23. The highest BCUT2D eigenvalue weighted by atomic mass is 19.3. The third-order valence-electron chi connectivity index (χ3n) is 1.94. The zero-order chi connectivity index (χ0) is 10.9. The smallest absolute Gasteiger partial charge is 0.257 e. The van der Waals surface area contributed by atoms with E-state index in [1.165, 1.54) is 13.0 Å². The minimum atomic E-state index is -2.91. The molecule has 0 saturated heterocycles. The first-order valence-corrected chi connectivity index (χ1v) is 3.93. The summed E-state index contributed by atoms with van der Waals surface area (Å²) in [6.45, 7) is 1.34. The van der Waals surface area contributed by atoms with Crippen molar-refractivity contribution in [1.29, 1.82) is 0 Å². The molecule has 5 heteroatoms. The lowest BCUT2D eigenvalue weighted by Gasteiger charge is -2.12. The van der Waals surface area contributed by atoms with Gasteiger partial charge in [0.15, 0.2) is 11.6 Å². The molecular weight excluding hydrogens is 198 g/mol. The highest BCUT2D eigenvalue weighted by Crippen LogP contribution is 2.24. The van der Waals surface area contributed by atoms with Crippen LogP contribution in [0.1, 0.15) is 17.2 Å². The van der Waals surface area contributed by atoms with E-state index in [-0.39, 0.29) is 5.56 Å². The van der Waals surface area contributed by atoms with Crippen LogP contribution in [-0.2, 0) is 0 Å². The lowest BCUT2D eigenvalue weighted by atomic mass is 10.0. The standard InChI is InChI=1S/C9H9F4N/c1-4-2-3-5(7(11)6(4)10)8(14)9(12)13/h2-3,8-9H,14H2,1H3/t8-/m1/s1. The van der Waals surface area contributed by atoms with Crippen LogP contribution in [0, 0.1) is 18.6 Å². The Morgan fingerprint density at radius 1 is 1.14 bits per heavy atom. The number of alkyl halides is 2. The first kappa shape index (κ1) is 11.0. The first-order chi connectivity index (χ1) is 6.45. The topological polar surface area (TPSA) is 26.0 Å². The van der Waals surface area contributed by atoms with Crippen molar-refractivity contribution in [1.82, 2.24) is 0 Å². The maximum absolute atomic E-state index is 13.1. The van der Waals surface area contributed by atoms with Crippen molar-refractivity contribution in [3.63, 3.8) is 0 Å². The van der Waals surface area contributed by atoms with E-state index >= 15 is 0 Å². The summed E-state index contributed by atoms with van der Waals surface area (Å²) in [6.07, 6.45) is -2.91. The molecule has 0 aromatic heterocycles. The molecule has 0 spiro atoms. The van der Waals surface area contributed by atoms with Crippen molar-refractivity contribution in [3.05, 3.63) is 34.9 Å². The van der Waals surface area contributed by atoms with Crippen LogP contribution >= 0.6 is 0 Å². The van der Waals surface area contributed by atoms with Gasteiger partial charge in [-0.15, -0.1) is 0 Å². The number of nitrogens with two attached hydrogens (primary N) is 1. The van der Waals surface area contributed by atoms with Gasteiger partial charge in [0.2, 0.25) is 0 Å². The predicted molar refractivity (Wildman–Crippen MR) is 44.0 cm³/mol. The van der Waals surface area contributed by atoms with Crippen LogP contribution in [0.4, 0.5) is 17.6 Å². The third-order valence-corrected chi connectivity index (χ3v) is 1.94. The van der Waals surface area contributed by atoms with Crippen molar-refractivity contribution in [2.75, 3.05) is 0 Å². The Hall–Kier alpha value is -1.10. The molecule has 14 heavy (non-hydrogen) atoms.